The number of rotatable bonds is 3. The molecule has 0 spiro atoms. The number of benzene rings is 1. The van der Waals surface area contributed by atoms with Crippen molar-refractivity contribution in [2.45, 2.75) is 38.0 Å². The number of hydrogen-bond acceptors (Lipinski definition) is 2. The number of halogens is 1. The van der Waals surface area contributed by atoms with Crippen molar-refractivity contribution in [1.29, 1.82) is 0 Å². The van der Waals surface area contributed by atoms with E-state index in [0.717, 1.165) is 36.8 Å². The van der Waals surface area contributed by atoms with Crippen LogP contribution in [0.15, 0.2) is 24.4 Å². The second-order valence-electron chi connectivity index (χ2n) is 6.96. The van der Waals surface area contributed by atoms with Gasteiger partial charge in [-0.1, -0.05) is 6.42 Å². The zero-order chi connectivity index (χ0) is 15.6. The highest BCUT2D eigenvalue weighted by molar-refractivity contribution is 5.83. The molecular weight excluding hydrogens is 289 g/mol. The van der Waals surface area contributed by atoms with Crippen molar-refractivity contribution in [1.82, 2.24) is 14.8 Å². The fourth-order valence-electron chi connectivity index (χ4n) is 4.04. The molecule has 23 heavy (non-hydrogen) atoms. The van der Waals surface area contributed by atoms with E-state index >= 15 is 0 Å². The Balaban J connectivity index is 1.39. The molecule has 2 aromatic rings. The van der Waals surface area contributed by atoms with Crippen molar-refractivity contribution in [3.05, 3.63) is 42.4 Å². The molecule has 2 fully saturated rings. The molecule has 4 heteroatoms. The maximum Gasteiger partial charge on any atom is 0.123 e. The van der Waals surface area contributed by atoms with E-state index in [4.69, 9.17) is 0 Å². The van der Waals surface area contributed by atoms with Gasteiger partial charge in [-0.15, -0.1) is 0 Å². The summed E-state index contributed by atoms with van der Waals surface area (Å²) in [5.41, 5.74) is 2.33. The summed E-state index contributed by atoms with van der Waals surface area (Å²) in [5.74, 6) is 0.394. The van der Waals surface area contributed by atoms with Gasteiger partial charge in [0.1, 0.15) is 5.82 Å². The van der Waals surface area contributed by atoms with Crippen molar-refractivity contribution < 1.29 is 4.39 Å². The molecule has 0 amide bonds. The lowest BCUT2D eigenvalue weighted by atomic mass is 9.89. The number of aromatic amines is 1. The second-order valence-corrected chi connectivity index (χ2v) is 6.96. The minimum atomic E-state index is -0.144. The van der Waals surface area contributed by atoms with Gasteiger partial charge in [0.25, 0.3) is 0 Å². The van der Waals surface area contributed by atoms with Gasteiger partial charge in [0.15, 0.2) is 0 Å². The standard InChI is InChI=1S/C19H25FN3/c20-16-4-5-19-17(12-16)18(13-21-19)15-6-10-23(11-7-15)14-22-8-2-1-3-9-22/h4-5,12-15,21H,1-3,6-11H2. The third-order valence-corrected chi connectivity index (χ3v) is 5.36. The second kappa shape index (κ2) is 6.62. The Morgan fingerprint density at radius 2 is 1.74 bits per heavy atom. The fourth-order valence-corrected chi connectivity index (χ4v) is 4.04. The number of nitrogens with one attached hydrogen (secondary N) is 1. The van der Waals surface area contributed by atoms with Gasteiger partial charge in [0.2, 0.25) is 0 Å². The highest BCUT2D eigenvalue weighted by Gasteiger charge is 2.24. The van der Waals surface area contributed by atoms with E-state index in [2.05, 4.69) is 27.6 Å². The lowest BCUT2D eigenvalue weighted by molar-refractivity contribution is 0.149. The van der Waals surface area contributed by atoms with Crippen LogP contribution < -0.4 is 0 Å². The maximum absolute atomic E-state index is 13.6. The first-order valence-electron chi connectivity index (χ1n) is 8.89. The van der Waals surface area contributed by atoms with Crippen LogP contribution in [0.1, 0.15) is 43.6 Å². The quantitative estimate of drug-likeness (QED) is 0.922. The third kappa shape index (κ3) is 3.29. The summed E-state index contributed by atoms with van der Waals surface area (Å²) >= 11 is 0. The van der Waals surface area contributed by atoms with Crippen molar-refractivity contribution in [2.75, 3.05) is 26.2 Å². The monoisotopic (exact) mass is 314 g/mol. The zero-order valence-corrected chi connectivity index (χ0v) is 13.6. The van der Waals surface area contributed by atoms with Gasteiger partial charge in [-0.3, -0.25) is 9.80 Å². The van der Waals surface area contributed by atoms with E-state index in [0.29, 0.717) is 5.92 Å². The fraction of sp³-hybridized carbons (Fsp3) is 0.526. The number of piperidine rings is 2. The van der Waals surface area contributed by atoms with Crippen molar-refractivity contribution in [3.63, 3.8) is 0 Å². The molecule has 123 valence electrons. The average Bonchev–Trinajstić information content (AvgIpc) is 2.99. The first-order valence-corrected chi connectivity index (χ1v) is 8.89. The molecule has 4 rings (SSSR count). The maximum atomic E-state index is 13.6. The molecule has 2 aliphatic heterocycles. The van der Waals surface area contributed by atoms with Crippen LogP contribution in [0.25, 0.3) is 10.9 Å². The van der Waals surface area contributed by atoms with Gasteiger partial charge in [-0.05, 0) is 68.5 Å². The smallest absolute Gasteiger partial charge is 0.123 e. The van der Waals surface area contributed by atoms with Crippen LogP contribution in [0, 0.1) is 12.5 Å². The van der Waals surface area contributed by atoms with E-state index in [1.165, 1.54) is 44.0 Å². The third-order valence-electron chi connectivity index (χ3n) is 5.36. The normalized spacial score (nSPS) is 22.0. The molecule has 1 N–H and O–H groups in total. The highest BCUT2D eigenvalue weighted by Crippen LogP contribution is 2.34. The summed E-state index contributed by atoms with van der Waals surface area (Å²) in [6.07, 6.45) is 8.41. The van der Waals surface area contributed by atoms with Crippen LogP contribution in [-0.4, -0.2) is 41.0 Å². The van der Waals surface area contributed by atoms with Gasteiger partial charge in [0, 0.05) is 30.2 Å². The predicted octanol–water partition coefficient (Wildman–Crippen LogP) is 4.09. The average molecular weight is 314 g/mol. The summed E-state index contributed by atoms with van der Waals surface area (Å²) in [4.78, 5) is 8.24. The molecule has 0 saturated carbocycles. The van der Waals surface area contributed by atoms with E-state index in [1.807, 2.05) is 6.07 Å². The van der Waals surface area contributed by atoms with Crippen LogP contribution in [0.4, 0.5) is 4.39 Å². The Morgan fingerprint density at radius 1 is 1.00 bits per heavy atom. The highest BCUT2D eigenvalue weighted by atomic mass is 19.1. The SMILES string of the molecule is Fc1ccc2[nH]cc(C3CCN([CH]N4CCCCC4)CC3)c2c1. The molecule has 0 unspecified atom stereocenters. The van der Waals surface area contributed by atoms with Gasteiger partial charge < -0.3 is 4.98 Å². The minimum Gasteiger partial charge on any atom is -0.361 e. The molecule has 1 radical (unpaired) electrons. The molecule has 0 aliphatic carbocycles. The molecule has 2 saturated heterocycles. The molecule has 3 nitrogen and oxygen atoms in total. The lowest BCUT2D eigenvalue weighted by Gasteiger charge is -2.36. The lowest BCUT2D eigenvalue weighted by Crippen LogP contribution is -2.39. The Labute approximate surface area is 137 Å². The number of aromatic nitrogens is 1. The Bertz CT molecular complexity index is 652. The summed E-state index contributed by atoms with van der Waals surface area (Å²) in [6.45, 7) is 6.97. The summed E-state index contributed by atoms with van der Waals surface area (Å²) in [7, 11) is 0. The molecule has 1 aromatic heterocycles. The van der Waals surface area contributed by atoms with Crippen LogP contribution in [-0.2, 0) is 0 Å². The predicted molar refractivity (Wildman–Crippen MR) is 91.5 cm³/mol. The molecule has 0 bridgehead atoms. The van der Waals surface area contributed by atoms with Gasteiger partial charge in [-0.2, -0.15) is 0 Å². The number of fused-ring (bicyclic) bond motifs is 1. The topological polar surface area (TPSA) is 22.3 Å². The minimum absolute atomic E-state index is 0.144. The van der Waals surface area contributed by atoms with Crippen LogP contribution in [0.5, 0.6) is 0 Å². The Hall–Kier alpha value is -1.39. The first-order chi connectivity index (χ1) is 11.3. The van der Waals surface area contributed by atoms with Crippen LogP contribution in [0.3, 0.4) is 0 Å². The number of H-pyrrole nitrogens is 1. The molecule has 1 aromatic carbocycles. The Morgan fingerprint density at radius 3 is 2.52 bits per heavy atom. The molecule has 0 atom stereocenters. The Kier molecular flexibility index (Phi) is 4.36. The number of likely N-dealkylation sites (tertiary alicyclic amines) is 2. The van der Waals surface area contributed by atoms with Crippen molar-refractivity contribution >= 4 is 10.9 Å². The van der Waals surface area contributed by atoms with E-state index in [1.54, 1.807) is 6.07 Å². The zero-order valence-electron chi connectivity index (χ0n) is 13.6. The first kappa shape index (κ1) is 15.2. The van der Waals surface area contributed by atoms with Gasteiger partial charge >= 0.3 is 0 Å². The number of hydrogen-bond donors (Lipinski definition) is 1. The van der Waals surface area contributed by atoms with Crippen LogP contribution in [0.2, 0.25) is 0 Å². The van der Waals surface area contributed by atoms with E-state index in [9.17, 15) is 4.39 Å². The molecule has 2 aliphatic rings. The van der Waals surface area contributed by atoms with Crippen molar-refractivity contribution in [3.8, 4) is 0 Å². The summed E-state index contributed by atoms with van der Waals surface area (Å²) in [5, 5.41) is 1.06. The van der Waals surface area contributed by atoms with E-state index < -0.39 is 0 Å². The largest absolute Gasteiger partial charge is 0.361 e. The molecular formula is C19H25FN3. The van der Waals surface area contributed by atoms with Gasteiger partial charge in [0.05, 0.1) is 6.67 Å². The van der Waals surface area contributed by atoms with Crippen LogP contribution >= 0.6 is 0 Å². The van der Waals surface area contributed by atoms with Gasteiger partial charge in [-0.25, -0.2) is 4.39 Å². The summed E-state index contributed by atoms with van der Waals surface area (Å²) < 4.78 is 13.6. The number of nitrogens with zero attached hydrogens (tertiary/aromatic N) is 2. The van der Waals surface area contributed by atoms with Crippen molar-refractivity contribution in [2.24, 2.45) is 0 Å². The summed E-state index contributed by atoms with van der Waals surface area (Å²) in [6, 6.07) is 5.04. The molecule has 3 heterocycles. The van der Waals surface area contributed by atoms with E-state index in [-0.39, 0.29) is 5.82 Å².